The fourth-order valence-corrected chi connectivity index (χ4v) is 6.64. The normalized spacial score (nSPS) is 17.1. The molecule has 1 aliphatic carbocycles. The summed E-state index contributed by atoms with van der Waals surface area (Å²) in [4.78, 5) is 16.6. The van der Waals surface area contributed by atoms with E-state index in [1.165, 1.54) is 45.0 Å². The van der Waals surface area contributed by atoms with Gasteiger partial charge in [-0.05, 0) is 36.2 Å². The van der Waals surface area contributed by atoms with E-state index in [0.717, 1.165) is 30.7 Å². The van der Waals surface area contributed by atoms with Crippen molar-refractivity contribution in [2.75, 3.05) is 0 Å². The molecule has 3 aromatic rings. The first-order chi connectivity index (χ1) is 17.4. The molecule has 0 fully saturated rings. The molecule has 0 saturated carbocycles. The zero-order chi connectivity index (χ0) is 28.4. The van der Waals surface area contributed by atoms with Crippen LogP contribution in [0.2, 0.25) is 10.4 Å². The minimum atomic E-state index is -0.356. The van der Waals surface area contributed by atoms with Crippen LogP contribution >= 0.6 is 0 Å². The third kappa shape index (κ3) is 4.54. The van der Waals surface area contributed by atoms with Gasteiger partial charge in [-0.25, -0.2) is 4.98 Å². The number of benzene rings is 1. The van der Waals surface area contributed by atoms with Crippen LogP contribution in [0.4, 0.5) is 0 Å². The highest BCUT2D eigenvalue weighted by Gasteiger charge is 2.55. The van der Waals surface area contributed by atoms with Gasteiger partial charge < -0.3 is 10.7 Å². The Morgan fingerprint density at radius 3 is 2.18 bits per heavy atom. The first-order valence-corrected chi connectivity index (χ1v) is 14.4. The molecule has 3 N–H and O–H groups in total. The van der Waals surface area contributed by atoms with Crippen LogP contribution in [0.1, 0.15) is 36.0 Å². The van der Waals surface area contributed by atoms with E-state index >= 15 is 0 Å². The van der Waals surface area contributed by atoms with E-state index < -0.39 is 0 Å². The molecule has 0 amide bonds. The number of H-pyrrole nitrogens is 1. The molecule has 0 bridgehead atoms. The van der Waals surface area contributed by atoms with Crippen LogP contribution in [-0.2, 0) is 13.0 Å². The third-order valence-electron chi connectivity index (χ3n) is 11.5. The zero-order valence-corrected chi connectivity index (χ0v) is 26.1. The average molecular weight is 491 g/mol. The molecule has 17 heteroatoms. The van der Waals surface area contributed by atoms with Crippen molar-refractivity contribution < 1.29 is 0 Å². The Labute approximate surface area is 240 Å². The first kappa shape index (κ1) is 29.5. The number of fused-ring (bicyclic) bond motifs is 2. The van der Waals surface area contributed by atoms with Crippen LogP contribution in [0.25, 0.3) is 11.0 Å². The molecule has 1 aromatic carbocycles. The van der Waals surface area contributed by atoms with E-state index in [1.807, 2.05) is 6.20 Å². The number of pyridine rings is 1. The highest BCUT2D eigenvalue weighted by molar-refractivity contribution is 6.67. The second-order valence-electron chi connectivity index (χ2n) is 14.0. The number of aromatic amines is 1. The maximum atomic E-state index is 6.87. The third-order valence-corrected chi connectivity index (χ3v) is 11.5. The molecule has 1 atom stereocenters. The van der Waals surface area contributed by atoms with E-state index in [-0.39, 0.29) is 27.1 Å². The van der Waals surface area contributed by atoms with Crippen molar-refractivity contribution in [1.29, 1.82) is 0 Å². The summed E-state index contributed by atoms with van der Waals surface area (Å²) in [6.07, 6.45) is 5.31. The van der Waals surface area contributed by atoms with Crippen molar-refractivity contribution in [1.82, 2.24) is 19.9 Å². The lowest BCUT2D eigenvalue weighted by molar-refractivity contribution is 0.104. The number of hydrogen-bond donors (Lipinski definition) is 2. The fourth-order valence-electron chi connectivity index (χ4n) is 6.64. The summed E-state index contributed by atoms with van der Waals surface area (Å²) in [5.74, 6) is 1.02. The predicted molar refractivity (Wildman–Crippen MR) is 198 cm³/mol. The molecule has 38 heavy (non-hydrogen) atoms. The molecule has 5 nitrogen and oxygen atoms in total. The lowest BCUT2D eigenvalue weighted by atomic mass is 9.13. The maximum absolute atomic E-state index is 6.87. The SMILES string of the molecule is Bc1c(B)c(B)c2[nH]c(CN([C@H]3CCCc4cccnc43)C(B)(B)C(B)(B)C(B)(B)C(B)(B)N)nc2c1B. The van der Waals surface area contributed by atoms with Crippen molar-refractivity contribution in [3.63, 3.8) is 0 Å². The van der Waals surface area contributed by atoms with Gasteiger partial charge in [0.25, 0.3) is 0 Å². The Hall–Kier alpha value is -1.46. The van der Waals surface area contributed by atoms with Crippen LogP contribution in [0.5, 0.6) is 0 Å². The number of imidazole rings is 1. The summed E-state index contributed by atoms with van der Waals surface area (Å²) in [6.45, 7) is 0.726. The topological polar surface area (TPSA) is 70.8 Å². The number of aromatic nitrogens is 3. The summed E-state index contributed by atoms with van der Waals surface area (Å²) >= 11 is 0. The Balaban J connectivity index is 1.89. The van der Waals surface area contributed by atoms with Gasteiger partial charge in [0.05, 0.1) is 60.7 Å². The maximum Gasteiger partial charge on any atom is 0.141 e. The fraction of sp³-hybridized carbons (Fsp3) is 0.429. The highest BCUT2D eigenvalue weighted by atomic mass is 15.2. The number of nitrogens with zero attached hydrogens (tertiary/aromatic N) is 3. The van der Waals surface area contributed by atoms with Gasteiger partial charge in [-0.2, -0.15) is 0 Å². The van der Waals surface area contributed by atoms with Gasteiger partial charge in [0.2, 0.25) is 0 Å². The van der Waals surface area contributed by atoms with E-state index in [0.29, 0.717) is 0 Å². The van der Waals surface area contributed by atoms with Crippen LogP contribution in [-0.4, -0.2) is 125 Å². The van der Waals surface area contributed by atoms with Crippen LogP contribution in [0.15, 0.2) is 18.3 Å². The van der Waals surface area contributed by atoms with Gasteiger partial charge in [0, 0.05) is 6.20 Å². The van der Waals surface area contributed by atoms with E-state index in [2.05, 4.69) is 116 Å². The standard InChI is InChI=1S/C21H39B12N5/c22-11-12(23)14(25)17-16(13(11)24)36-10(37-17)7-38(9-5-1-3-8-4-2-6-35-15(8)9)21(32,33)19(28,29)18(26,27)20(30,31)34/h2,4,6,9H,1,3,5,7,22-34H2,(H,36,37)/t9-/m0/s1. The van der Waals surface area contributed by atoms with Crippen molar-refractivity contribution in [2.45, 2.75) is 53.0 Å². The minimum Gasteiger partial charge on any atom is -0.341 e. The molecule has 0 unspecified atom stereocenters. The second kappa shape index (κ2) is 9.87. The molecular formula is C21H39B12N5. The smallest absolute Gasteiger partial charge is 0.141 e. The predicted octanol–water partition coefficient (Wildman–Crippen LogP) is -11.6. The zero-order valence-electron chi connectivity index (χ0n) is 26.1. The quantitative estimate of drug-likeness (QED) is 0.323. The van der Waals surface area contributed by atoms with Gasteiger partial charge >= 0.3 is 0 Å². The molecule has 0 aliphatic heterocycles. The molecule has 0 saturated heterocycles. The van der Waals surface area contributed by atoms with Gasteiger partial charge in [-0.1, -0.05) is 43.7 Å². The summed E-state index contributed by atoms with van der Waals surface area (Å²) < 4.78 is 0. The lowest BCUT2D eigenvalue weighted by Gasteiger charge is -2.63. The monoisotopic (exact) mass is 493 g/mol. The highest BCUT2D eigenvalue weighted by Crippen LogP contribution is 2.55. The summed E-state index contributed by atoms with van der Waals surface area (Å²) in [7, 11) is 27.5. The molecule has 2 aromatic heterocycles. The van der Waals surface area contributed by atoms with E-state index in [1.54, 1.807) is 0 Å². The van der Waals surface area contributed by atoms with Crippen molar-refractivity contribution in [3.8, 4) is 0 Å². The average Bonchev–Trinajstić information content (AvgIpc) is 3.28. The summed E-state index contributed by atoms with van der Waals surface area (Å²) in [5.41, 5.74) is 17.0. The van der Waals surface area contributed by atoms with Gasteiger partial charge in [0.1, 0.15) is 68.6 Å². The number of rotatable bonds is 7. The first-order valence-electron chi connectivity index (χ1n) is 14.4. The molecule has 2 heterocycles. The molecule has 0 radical (unpaired) electrons. The van der Waals surface area contributed by atoms with Crippen LogP contribution in [0.3, 0.4) is 0 Å². The van der Waals surface area contributed by atoms with Gasteiger partial charge in [-0.15, -0.1) is 0 Å². The second-order valence-corrected chi connectivity index (χ2v) is 14.0. The van der Waals surface area contributed by atoms with E-state index in [4.69, 9.17) is 15.7 Å². The van der Waals surface area contributed by atoms with Gasteiger partial charge in [0.15, 0.2) is 0 Å². The van der Waals surface area contributed by atoms with Crippen molar-refractivity contribution in [3.05, 3.63) is 35.4 Å². The molecule has 4 rings (SSSR count). The molecule has 1 aliphatic rings. The van der Waals surface area contributed by atoms with Gasteiger partial charge in [-0.3, -0.25) is 9.88 Å². The van der Waals surface area contributed by atoms with Crippen LogP contribution in [0, 0.1) is 0 Å². The number of nitrogens with two attached hydrogens (primary N) is 1. The number of hydrogen-bond acceptors (Lipinski definition) is 4. The van der Waals surface area contributed by atoms with E-state index in [9.17, 15) is 0 Å². The van der Waals surface area contributed by atoms with Crippen molar-refractivity contribution in [2.24, 2.45) is 5.73 Å². The van der Waals surface area contributed by atoms with Crippen molar-refractivity contribution >= 4 is 127 Å². The summed E-state index contributed by atoms with van der Waals surface area (Å²) in [5, 5.41) is -0.877. The Morgan fingerprint density at radius 2 is 1.55 bits per heavy atom. The Kier molecular flexibility index (Phi) is 7.67. The van der Waals surface area contributed by atoms with Crippen LogP contribution < -0.4 is 27.6 Å². The Morgan fingerprint density at radius 1 is 0.921 bits per heavy atom. The number of nitrogens with one attached hydrogen (secondary N) is 1. The minimum absolute atomic E-state index is 0.143. The lowest BCUT2D eigenvalue weighted by Crippen LogP contribution is -2.69. The number of aryl methyl sites for hydroxylation is 1. The summed E-state index contributed by atoms with van der Waals surface area (Å²) in [6, 6.07) is 4.55. The molecule has 0 spiro atoms. The molecule has 184 valence electrons. The molecular weight excluding hydrogens is 452 g/mol. The Bertz CT molecular complexity index is 1320. The largest absolute Gasteiger partial charge is 0.341 e.